The molecule has 7 heteroatoms. The molecule has 3 rings (SSSR count). The Bertz CT molecular complexity index is 795. The smallest absolute Gasteiger partial charge is 0.341 e. The van der Waals surface area contributed by atoms with Crippen LogP contribution in [0.4, 0.5) is 5.69 Å². The third-order valence-corrected chi connectivity index (χ3v) is 4.15. The van der Waals surface area contributed by atoms with E-state index in [1.165, 1.54) is 4.88 Å². The highest BCUT2D eigenvalue weighted by atomic mass is 32.1. The van der Waals surface area contributed by atoms with Gasteiger partial charge in [0.25, 0.3) is 0 Å². The molecular formula is C15H16N4O2S. The maximum absolute atomic E-state index is 12.2. The van der Waals surface area contributed by atoms with Crippen molar-refractivity contribution in [1.82, 2.24) is 14.8 Å². The van der Waals surface area contributed by atoms with Crippen LogP contribution in [-0.2, 0) is 18.3 Å². The van der Waals surface area contributed by atoms with Gasteiger partial charge in [-0.1, -0.05) is 6.07 Å². The summed E-state index contributed by atoms with van der Waals surface area (Å²) in [5.74, 6) is -0.380. The van der Waals surface area contributed by atoms with E-state index in [9.17, 15) is 4.79 Å². The van der Waals surface area contributed by atoms with Gasteiger partial charge in [-0.3, -0.25) is 4.68 Å². The molecule has 0 fully saturated rings. The Morgan fingerprint density at radius 1 is 1.45 bits per heavy atom. The first kappa shape index (κ1) is 14.5. The molecule has 0 aromatic carbocycles. The third-order valence-electron chi connectivity index (χ3n) is 3.28. The maximum atomic E-state index is 12.2. The number of aryl methyl sites for hydroxylation is 1. The minimum atomic E-state index is -0.380. The van der Waals surface area contributed by atoms with E-state index in [-0.39, 0.29) is 5.97 Å². The van der Waals surface area contributed by atoms with Gasteiger partial charge in [0, 0.05) is 24.7 Å². The molecule has 22 heavy (non-hydrogen) atoms. The minimum absolute atomic E-state index is 0.328. The zero-order chi connectivity index (χ0) is 15.5. The fourth-order valence-electron chi connectivity index (χ4n) is 2.24. The first-order chi connectivity index (χ1) is 10.7. The van der Waals surface area contributed by atoms with Crippen LogP contribution in [0.5, 0.6) is 0 Å². The Labute approximate surface area is 131 Å². The molecule has 6 nitrogen and oxygen atoms in total. The summed E-state index contributed by atoms with van der Waals surface area (Å²) in [5.41, 5.74) is 1.87. The van der Waals surface area contributed by atoms with E-state index in [1.807, 2.05) is 24.6 Å². The number of anilines is 1. The number of carbonyl (C=O) groups excluding carboxylic acids is 1. The normalized spacial score (nSPS) is 10.8. The van der Waals surface area contributed by atoms with Gasteiger partial charge in [0.2, 0.25) is 0 Å². The van der Waals surface area contributed by atoms with Crippen LogP contribution < -0.4 is 5.32 Å². The maximum Gasteiger partial charge on any atom is 0.341 e. The topological polar surface area (TPSA) is 69.0 Å². The molecule has 0 amide bonds. The zero-order valence-corrected chi connectivity index (χ0v) is 13.2. The number of nitrogens with zero attached hydrogens (tertiary/aromatic N) is 3. The number of aromatic nitrogens is 3. The van der Waals surface area contributed by atoms with Crippen molar-refractivity contribution in [3.05, 3.63) is 40.3 Å². The minimum Gasteiger partial charge on any atom is -0.462 e. The SMILES string of the molecule is CCOC(=O)c1cnc2c(cnn2C)c1NCc1cccs1. The summed E-state index contributed by atoms with van der Waals surface area (Å²) in [7, 11) is 1.82. The first-order valence-electron chi connectivity index (χ1n) is 6.94. The second kappa shape index (κ2) is 6.15. The quantitative estimate of drug-likeness (QED) is 0.733. The molecule has 0 spiro atoms. The summed E-state index contributed by atoms with van der Waals surface area (Å²) in [4.78, 5) is 17.6. The Balaban J connectivity index is 2.01. The van der Waals surface area contributed by atoms with Crippen LogP contribution >= 0.6 is 11.3 Å². The Kier molecular flexibility index (Phi) is 4.06. The lowest BCUT2D eigenvalue weighted by Crippen LogP contribution is -2.11. The van der Waals surface area contributed by atoms with Crippen molar-refractivity contribution in [2.75, 3.05) is 11.9 Å². The number of esters is 1. The highest BCUT2D eigenvalue weighted by Crippen LogP contribution is 2.27. The number of nitrogens with one attached hydrogen (secondary N) is 1. The molecule has 1 N–H and O–H groups in total. The number of thiophene rings is 1. The third kappa shape index (κ3) is 2.67. The van der Waals surface area contributed by atoms with Crippen molar-refractivity contribution in [1.29, 1.82) is 0 Å². The largest absolute Gasteiger partial charge is 0.462 e. The molecule has 0 aliphatic rings. The van der Waals surface area contributed by atoms with Crippen LogP contribution in [0.15, 0.2) is 29.9 Å². The van der Waals surface area contributed by atoms with E-state index in [0.29, 0.717) is 24.4 Å². The summed E-state index contributed by atoms with van der Waals surface area (Å²) in [5, 5.41) is 10.4. The summed E-state index contributed by atoms with van der Waals surface area (Å²) in [6.45, 7) is 2.75. The van der Waals surface area contributed by atoms with Crippen molar-refractivity contribution < 1.29 is 9.53 Å². The fraction of sp³-hybridized carbons (Fsp3) is 0.267. The molecule has 3 heterocycles. The van der Waals surface area contributed by atoms with Crippen molar-refractivity contribution in [2.45, 2.75) is 13.5 Å². The first-order valence-corrected chi connectivity index (χ1v) is 7.82. The van der Waals surface area contributed by atoms with Crippen molar-refractivity contribution in [3.8, 4) is 0 Å². The van der Waals surface area contributed by atoms with Gasteiger partial charge in [-0.05, 0) is 18.4 Å². The number of ether oxygens (including phenoxy) is 1. The van der Waals surface area contributed by atoms with Gasteiger partial charge >= 0.3 is 5.97 Å². The van der Waals surface area contributed by atoms with Crippen molar-refractivity contribution in [3.63, 3.8) is 0 Å². The summed E-state index contributed by atoms with van der Waals surface area (Å²) in [6, 6.07) is 4.05. The van der Waals surface area contributed by atoms with Gasteiger partial charge in [0.05, 0.1) is 23.9 Å². The van der Waals surface area contributed by atoms with Crippen molar-refractivity contribution >= 4 is 34.0 Å². The highest BCUT2D eigenvalue weighted by Gasteiger charge is 2.18. The zero-order valence-electron chi connectivity index (χ0n) is 12.4. The lowest BCUT2D eigenvalue weighted by atomic mass is 10.2. The van der Waals surface area contributed by atoms with Crippen LogP contribution in [0.3, 0.4) is 0 Å². The number of pyridine rings is 1. The standard InChI is InChI=1S/C15H16N4O2S/c1-3-21-15(20)12-8-17-14-11(9-18-19(14)2)13(12)16-7-10-5-4-6-22-10/h4-6,8-9H,3,7H2,1-2H3,(H,16,17). The Morgan fingerprint density at radius 2 is 2.32 bits per heavy atom. The van der Waals surface area contributed by atoms with Crippen LogP contribution in [0.2, 0.25) is 0 Å². The molecule has 0 unspecified atom stereocenters. The predicted molar refractivity (Wildman–Crippen MR) is 86.1 cm³/mol. The molecule has 0 aliphatic heterocycles. The second-order valence-corrected chi connectivity index (χ2v) is 5.74. The predicted octanol–water partition coefficient (Wildman–Crippen LogP) is 2.82. The van der Waals surface area contributed by atoms with Gasteiger partial charge < -0.3 is 10.1 Å². The highest BCUT2D eigenvalue weighted by molar-refractivity contribution is 7.09. The monoisotopic (exact) mass is 316 g/mol. The molecule has 114 valence electrons. The van der Waals surface area contributed by atoms with Crippen LogP contribution in [0.1, 0.15) is 22.2 Å². The summed E-state index contributed by atoms with van der Waals surface area (Å²) >= 11 is 1.66. The molecule has 0 radical (unpaired) electrons. The van der Waals surface area contributed by atoms with E-state index in [4.69, 9.17) is 4.74 Å². The van der Waals surface area contributed by atoms with Gasteiger partial charge in [-0.25, -0.2) is 9.78 Å². The summed E-state index contributed by atoms with van der Waals surface area (Å²) < 4.78 is 6.80. The second-order valence-electron chi connectivity index (χ2n) is 4.71. The van der Waals surface area contributed by atoms with Crippen LogP contribution in [-0.4, -0.2) is 27.3 Å². The molecule has 3 aromatic rings. The average molecular weight is 316 g/mol. The molecular weight excluding hydrogens is 300 g/mol. The average Bonchev–Trinajstić information content (AvgIpc) is 3.15. The van der Waals surface area contributed by atoms with Crippen molar-refractivity contribution in [2.24, 2.45) is 7.05 Å². The molecule has 3 aromatic heterocycles. The van der Waals surface area contributed by atoms with E-state index >= 15 is 0 Å². The number of hydrogen-bond acceptors (Lipinski definition) is 6. The molecule has 0 saturated carbocycles. The van der Waals surface area contributed by atoms with E-state index in [2.05, 4.69) is 15.4 Å². The fourth-order valence-corrected chi connectivity index (χ4v) is 2.88. The molecule has 0 atom stereocenters. The van der Waals surface area contributed by atoms with E-state index in [0.717, 1.165) is 11.0 Å². The Hall–Kier alpha value is -2.41. The molecule has 0 saturated heterocycles. The molecule has 0 bridgehead atoms. The van der Waals surface area contributed by atoms with E-state index < -0.39 is 0 Å². The lowest BCUT2D eigenvalue weighted by Gasteiger charge is -2.11. The van der Waals surface area contributed by atoms with Crippen LogP contribution in [0, 0.1) is 0 Å². The van der Waals surface area contributed by atoms with Gasteiger partial charge in [0.1, 0.15) is 5.56 Å². The lowest BCUT2D eigenvalue weighted by molar-refractivity contribution is 0.0527. The number of rotatable bonds is 5. The number of carbonyl (C=O) groups is 1. The van der Waals surface area contributed by atoms with E-state index in [1.54, 1.807) is 35.3 Å². The van der Waals surface area contributed by atoms with Gasteiger partial charge in [-0.2, -0.15) is 5.10 Å². The number of hydrogen-bond donors (Lipinski definition) is 1. The Morgan fingerprint density at radius 3 is 3.05 bits per heavy atom. The molecule has 0 aliphatic carbocycles. The van der Waals surface area contributed by atoms with Crippen LogP contribution in [0.25, 0.3) is 11.0 Å². The van der Waals surface area contributed by atoms with Gasteiger partial charge in [-0.15, -0.1) is 11.3 Å². The number of fused-ring (bicyclic) bond motifs is 1. The van der Waals surface area contributed by atoms with Gasteiger partial charge in [0.15, 0.2) is 5.65 Å². The summed E-state index contributed by atoms with van der Waals surface area (Å²) in [6.07, 6.45) is 3.25.